The molecular formula is C9H7NO3. The molecule has 0 unspecified atom stereocenters. The van der Waals surface area contributed by atoms with Crippen LogP contribution < -0.4 is 4.74 Å². The molecule has 0 saturated carbocycles. The van der Waals surface area contributed by atoms with Crippen molar-refractivity contribution in [3.8, 4) is 5.75 Å². The van der Waals surface area contributed by atoms with Crippen LogP contribution in [0.15, 0.2) is 30.5 Å². The minimum Gasteiger partial charge on any atom is -0.449 e. The average Bonchev–Trinajstić information content (AvgIpc) is 2.51. The van der Waals surface area contributed by atoms with Gasteiger partial charge in [0.25, 0.3) is 0 Å². The van der Waals surface area contributed by atoms with Crippen LogP contribution in [0.25, 0.3) is 10.9 Å². The van der Waals surface area contributed by atoms with Crippen LogP contribution >= 0.6 is 0 Å². The van der Waals surface area contributed by atoms with Crippen LogP contribution in [0, 0.1) is 0 Å². The normalized spacial score (nSPS) is 10.2. The zero-order valence-corrected chi connectivity index (χ0v) is 6.65. The van der Waals surface area contributed by atoms with E-state index in [0.29, 0.717) is 11.3 Å². The third-order valence-corrected chi connectivity index (χ3v) is 1.75. The van der Waals surface area contributed by atoms with Gasteiger partial charge in [0.1, 0.15) is 0 Å². The molecule has 1 aromatic carbocycles. The molecule has 2 N–H and O–H groups in total. The van der Waals surface area contributed by atoms with Gasteiger partial charge in [-0.25, -0.2) is 4.79 Å². The lowest BCUT2D eigenvalue weighted by Gasteiger charge is -2.00. The molecule has 1 heterocycles. The number of aromatic amines is 1. The van der Waals surface area contributed by atoms with Crippen LogP contribution in [-0.4, -0.2) is 16.2 Å². The highest BCUT2D eigenvalue weighted by molar-refractivity contribution is 5.86. The Kier molecular flexibility index (Phi) is 1.66. The van der Waals surface area contributed by atoms with E-state index < -0.39 is 6.16 Å². The first-order valence-electron chi connectivity index (χ1n) is 3.74. The van der Waals surface area contributed by atoms with Gasteiger partial charge in [-0.1, -0.05) is 12.1 Å². The highest BCUT2D eigenvalue weighted by Gasteiger charge is 2.05. The van der Waals surface area contributed by atoms with E-state index in [-0.39, 0.29) is 0 Å². The number of fused-ring (bicyclic) bond motifs is 1. The number of carbonyl (C=O) groups is 1. The van der Waals surface area contributed by atoms with Crippen molar-refractivity contribution in [2.45, 2.75) is 0 Å². The topological polar surface area (TPSA) is 62.3 Å². The van der Waals surface area contributed by atoms with E-state index in [4.69, 9.17) is 5.11 Å². The molecule has 2 aromatic rings. The number of rotatable bonds is 1. The third kappa shape index (κ3) is 1.33. The van der Waals surface area contributed by atoms with Gasteiger partial charge < -0.3 is 14.8 Å². The van der Waals surface area contributed by atoms with Crippen molar-refractivity contribution >= 4 is 17.1 Å². The highest BCUT2D eigenvalue weighted by atomic mass is 16.7. The summed E-state index contributed by atoms with van der Waals surface area (Å²) < 4.78 is 4.57. The highest BCUT2D eigenvalue weighted by Crippen LogP contribution is 2.23. The molecule has 0 aliphatic carbocycles. The average molecular weight is 177 g/mol. The summed E-state index contributed by atoms with van der Waals surface area (Å²) in [5.74, 6) is 0.329. The van der Waals surface area contributed by atoms with Crippen LogP contribution in [0.4, 0.5) is 4.79 Å². The molecule has 0 aliphatic rings. The molecule has 4 heteroatoms. The lowest BCUT2D eigenvalue weighted by molar-refractivity contribution is 0.145. The fraction of sp³-hybridized carbons (Fsp3) is 0. The molecule has 4 nitrogen and oxygen atoms in total. The Balaban J connectivity index is 2.54. The first-order valence-corrected chi connectivity index (χ1v) is 3.74. The second-order valence-corrected chi connectivity index (χ2v) is 2.57. The zero-order valence-electron chi connectivity index (χ0n) is 6.65. The smallest absolute Gasteiger partial charge is 0.449 e. The van der Waals surface area contributed by atoms with E-state index in [1.54, 1.807) is 18.3 Å². The standard InChI is InChI=1S/C9H7NO3/c11-9(12)13-7-3-1-2-6-4-5-10-8(6)7/h1-5,10H,(H,11,12). The Labute approximate surface area is 73.8 Å². The second kappa shape index (κ2) is 2.82. The maximum atomic E-state index is 10.3. The van der Waals surface area contributed by atoms with Crippen LogP contribution in [0.2, 0.25) is 0 Å². The van der Waals surface area contributed by atoms with E-state index >= 15 is 0 Å². The van der Waals surface area contributed by atoms with Gasteiger partial charge in [-0.05, 0) is 12.1 Å². The predicted molar refractivity (Wildman–Crippen MR) is 47.0 cm³/mol. The first-order chi connectivity index (χ1) is 6.27. The molecule has 0 bridgehead atoms. The van der Waals surface area contributed by atoms with E-state index in [2.05, 4.69) is 9.72 Å². The van der Waals surface area contributed by atoms with Crippen molar-refractivity contribution in [1.29, 1.82) is 0 Å². The quantitative estimate of drug-likeness (QED) is 0.518. The Morgan fingerprint density at radius 3 is 3.00 bits per heavy atom. The number of benzene rings is 1. The minimum absolute atomic E-state index is 0.329. The summed E-state index contributed by atoms with van der Waals surface area (Å²) in [6, 6.07) is 7.08. The number of nitrogens with one attached hydrogen (secondary N) is 1. The lowest BCUT2D eigenvalue weighted by atomic mass is 10.2. The Morgan fingerprint density at radius 1 is 1.38 bits per heavy atom. The van der Waals surface area contributed by atoms with E-state index in [9.17, 15) is 4.79 Å². The zero-order chi connectivity index (χ0) is 9.26. The second-order valence-electron chi connectivity index (χ2n) is 2.57. The summed E-state index contributed by atoms with van der Waals surface area (Å²) in [6.07, 6.45) is 0.432. The maximum Gasteiger partial charge on any atom is 0.511 e. The monoisotopic (exact) mass is 177 g/mol. The first kappa shape index (κ1) is 7.67. The molecule has 0 aliphatic heterocycles. The van der Waals surface area contributed by atoms with Gasteiger partial charge >= 0.3 is 6.16 Å². The van der Waals surface area contributed by atoms with Crippen LogP contribution in [0.3, 0.4) is 0 Å². The molecule has 0 fully saturated rings. The van der Waals surface area contributed by atoms with E-state index in [0.717, 1.165) is 5.39 Å². The predicted octanol–water partition coefficient (Wildman–Crippen LogP) is 2.22. The lowest BCUT2D eigenvalue weighted by Crippen LogP contribution is -2.03. The Bertz CT molecular complexity index is 447. The van der Waals surface area contributed by atoms with E-state index in [1.807, 2.05) is 12.1 Å². The molecule has 2 rings (SSSR count). The van der Waals surface area contributed by atoms with Gasteiger partial charge in [-0.2, -0.15) is 0 Å². The molecule has 0 amide bonds. The molecule has 0 saturated heterocycles. The van der Waals surface area contributed by atoms with Gasteiger partial charge in [-0.3, -0.25) is 0 Å². The maximum absolute atomic E-state index is 10.3. The summed E-state index contributed by atoms with van der Waals surface area (Å²) in [7, 11) is 0. The third-order valence-electron chi connectivity index (χ3n) is 1.75. The Hall–Kier alpha value is -1.97. The van der Waals surface area contributed by atoms with Gasteiger partial charge in [0, 0.05) is 11.6 Å². The molecule has 0 atom stereocenters. The molecule has 0 radical (unpaired) electrons. The summed E-state index contributed by atoms with van der Waals surface area (Å²) in [5, 5.41) is 9.36. The molecule has 0 spiro atoms. The largest absolute Gasteiger partial charge is 0.511 e. The van der Waals surface area contributed by atoms with Crippen molar-refractivity contribution in [2.24, 2.45) is 0 Å². The number of hydrogen-bond donors (Lipinski definition) is 2. The van der Waals surface area contributed by atoms with Crippen LogP contribution in [0.1, 0.15) is 0 Å². The van der Waals surface area contributed by atoms with Gasteiger partial charge in [0.15, 0.2) is 5.75 Å². The fourth-order valence-electron chi connectivity index (χ4n) is 1.24. The summed E-state index contributed by atoms with van der Waals surface area (Å²) in [5.41, 5.74) is 0.699. The van der Waals surface area contributed by atoms with Gasteiger partial charge in [0.05, 0.1) is 5.52 Å². The van der Waals surface area contributed by atoms with E-state index in [1.165, 1.54) is 0 Å². The number of H-pyrrole nitrogens is 1. The summed E-state index contributed by atoms with van der Waals surface area (Å²) in [4.78, 5) is 13.2. The van der Waals surface area contributed by atoms with Crippen LogP contribution in [0.5, 0.6) is 5.75 Å². The Morgan fingerprint density at radius 2 is 2.23 bits per heavy atom. The fourth-order valence-corrected chi connectivity index (χ4v) is 1.24. The van der Waals surface area contributed by atoms with Crippen molar-refractivity contribution in [2.75, 3.05) is 0 Å². The number of ether oxygens (including phenoxy) is 1. The van der Waals surface area contributed by atoms with Crippen LogP contribution in [-0.2, 0) is 0 Å². The summed E-state index contributed by atoms with van der Waals surface area (Å²) >= 11 is 0. The number of para-hydroxylation sites is 1. The molecule has 1 aromatic heterocycles. The summed E-state index contributed by atoms with van der Waals surface area (Å²) in [6.45, 7) is 0. The number of carboxylic acid groups (broad SMARTS) is 1. The van der Waals surface area contributed by atoms with Gasteiger partial charge in [0.2, 0.25) is 0 Å². The minimum atomic E-state index is -1.30. The molecular weight excluding hydrogens is 170 g/mol. The van der Waals surface area contributed by atoms with Crippen molar-refractivity contribution in [3.05, 3.63) is 30.5 Å². The van der Waals surface area contributed by atoms with Gasteiger partial charge in [-0.15, -0.1) is 0 Å². The van der Waals surface area contributed by atoms with Crippen molar-refractivity contribution < 1.29 is 14.6 Å². The van der Waals surface area contributed by atoms with Crippen molar-refractivity contribution in [3.63, 3.8) is 0 Å². The molecule has 66 valence electrons. The number of hydrogen-bond acceptors (Lipinski definition) is 2. The van der Waals surface area contributed by atoms with Crippen molar-refractivity contribution in [1.82, 2.24) is 4.98 Å². The SMILES string of the molecule is O=C(O)Oc1cccc2cc[nH]c12. The molecule has 13 heavy (non-hydrogen) atoms. The number of aromatic nitrogens is 1.